The lowest BCUT2D eigenvalue weighted by Crippen LogP contribution is -2.47. The number of carbonyl (C=O) groups is 2. The summed E-state index contributed by atoms with van der Waals surface area (Å²) in [5.41, 5.74) is 1.87. The molecule has 1 atom stereocenters. The van der Waals surface area contributed by atoms with E-state index >= 15 is 0 Å². The normalized spacial score (nSPS) is 12.3. The number of thiophene rings is 1. The van der Waals surface area contributed by atoms with Crippen molar-refractivity contribution in [2.45, 2.75) is 25.4 Å². The van der Waals surface area contributed by atoms with Gasteiger partial charge in [0.2, 0.25) is 5.91 Å². The Balaban J connectivity index is 1.52. The zero-order valence-electron chi connectivity index (χ0n) is 17.7. The molecule has 2 aromatic heterocycles. The summed E-state index contributed by atoms with van der Waals surface area (Å²) in [6.45, 7) is -0.204. The fourth-order valence-corrected chi connectivity index (χ4v) is 4.17. The van der Waals surface area contributed by atoms with E-state index in [2.05, 4.69) is 20.4 Å². The second kappa shape index (κ2) is 10.0. The molecule has 34 heavy (non-hydrogen) atoms. The standard InChI is InChI=1S/C24H20F3N3O3S/c25-24(26,27)33-20-9-4-1-6-15(20)13-29-22(31)19(30-23(32)21-10-5-11-34-21)12-16-14-28-18-8-3-2-7-17(16)18/h1-11,14,19,28H,12-13H2,(H,29,31)(H,30,32)/t19-/m1/s1. The van der Waals surface area contributed by atoms with Gasteiger partial charge < -0.3 is 20.4 Å². The maximum Gasteiger partial charge on any atom is 0.573 e. The topological polar surface area (TPSA) is 83.2 Å². The van der Waals surface area contributed by atoms with Gasteiger partial charge in [0.1, 0.15) is 11.8 Å². The number of carbonyl (C=O) groups excluding carboxylic acids is 2. The summed E-state index contributed by atoms with van der Waals surface area (Å²) in [7, 11) is 0. The van der Waals surface area contributed by atoms with Crippen molar-refractivity contribution < 1.29 is 27.5 Å². The summed E-state index contributed by atoms with van der Waals surface area (Å²) in [6.07, 6.45) is -2.89. The molecule has 3 N–H and O–H groups in total. The molecular formula is C24H20F3N3O3S. The first kappa shape index (κ1) is 23.4. The molecule has 176 valence electrons. The van der Waals surface area contributed by atoms with Crippen LogP contribution in [0.4, 0.5) is 13.2 Å². The molecule has 0 aliphatic carbocycles. The SMILES string of the molecule is O=C(N[C@H](Cc1c[nH]c2ccccc12)C(=O)NCc1ccccc1OC(F)(F)F)c1cccs1. The van der Waals surface area contributed by atoms with Crippen LogP contribution in [0.2, 0.25) is 0 Å². The van der Waals surface area contributed by atoms with Crippen molar-refractivity contribution in [1.29, 1.82) is 0 Å². The quantitative estimate of drug-likeness (QED) is 0.334. The van der Waals surface area contributed by atoms with E-state index < -0.39 is 30.0 Å². The largest absolute Gasteiger partial charge is 0.573 e. The molecular weight excluding hydrogens is 467 g/mol. The second-order valence-corrected chi connectivity index (χ2v) is 8.39. The molecule has 0 aliphatic rings. The highest BCUT2D eigenvalue weighted by atomic mass is 32.1. The van der Waals surface area contributed by atoms with Crippen LogP contribution in [0.15, 0.2) is 72.2 Å². The first-order chi connectivity index (χ1) is 16.3. The van der Waals surface area contributed by atoms with Gasteiger partial charge in [0.05, 0.1) is 4.88 Å². The minimum Gasteiger partial charge on any atom is -0.405 e. The Bertz CT molecular complexity index is 1290. The third kappa shape index (κ3) is 5.76. The molecule has 2 amide bonds. The van der Waals surface area contributed by atoms with Crippen LogP contribution in [0.5, 0.6) is 5.75 Å². The van der Waals surface area contributed by atoms with Gasteiger partial charge in [0.25, 0.3) is 5.91 Å². The molecule has 10 heteroatoms. The number of amides is 2. The average molecular weight is 488 g/mol. The van der Waals surface area contributed by atoms with Crippen LogP contribution in [0.25, 0.3) is 10.9 Å². The van der Waals surface area contributed by atoms with Crippen molar-refractivity contribution in [3.8, 4) is 5.75 Å². The minimum absolute atomic E-state index is 0.156. The maximum absolute atomic E-state index is 13.1. The third-order valence-corrected chi connectivity index (χ3v) is 5.99. The predicted molar refractivity (Wildman–Crippen MR) is 123 cm³/mol. The Morgan fingerprint density at radius 3 is 2.53 bits per heavy atom. The number of rotatable bonds is 8. The van der Waals surface area contributed by atoms with Crippen LogP contribution in [0, 0.1) is 0 Å². The molecule has 0 saturated heterocycles. The molecule has 6 nitrogen and oxygen atoms in total. The number of benzene rings is 2. The Morgan fingerprint density at radius 2 is 1.76 bits per heavy atom. The number of hydrogen-bond acceptors (Lipinski definition) is 4. The molecule has 2 aromatic carbocycles. The molecule has 0 bridgehead atoms. The number of aromatic nitrogens is 1. The van der Waals surface area contributed by atoms with E-state index in [1.807, 2.05) is 24.3 Å². The molecule has 4 rings (SSSR count). The molecule has 0 radical (unpaired) electrons. The van der Waals surface area contributed by atoms with E-state index in [0.717, 1.165) is 16.5 Å². The first-order valence-electron chi connectivity index (χ1n) is 10.3. The number of H-pyrrole nitrogens is 1. The van der Waals surface area contributed by atoms with Crippen LogP contribution in [-0.2, 0) is 17.8 Å². The number of para-hydroxylation sites is 2. The van der Waals surface area contributed by atoms with Gasteiger partial charge in [-0.1, -0.05) is 42.5 Å². The highest BCUT2D eigenvalue weighted by Crippen LogP contribution is 2.26. The van der Waals surface area contributed by atoms with Crippen molar-refractivity contribution in [2.24, 2.45) is 0 Å². The second-order valence-electron chi connectivity index (χ2n) is 7.44. The number of halogens is 3. The number of nitrogens with one attached hydrogen (secondary N) is 3. The molecule has 0 unspecified atom stereocenters. The molecule has 2 heterocycles. The summed E-state index contributed by atoms with van der Waals surface area (Å²) in [4.78, 5) is 29.3. The van der Waals surface area contributed by atoms with E-state index in [0.29, 0.717) is 4.88 Å². The summed E-state index contributed by atoms with van der Waals surface area (Å²) in [5, 5.41) is 8.04. The van der Waals surface area contributed by atoms with Crippen molar-refractivity contribution in [3.63, 3.8) is 0 Å². The van der Waals surface area contributed by atoms with Crippen LogP contribution >= 0.6 is 11.3 Å². The Hall–Kier alpha value is -3.79. The van der Waals surface area contributed by atoms with E-state index in [-0.39, 0.29) is 18.5 Å². The molecule has 0 saturated carbocycles. The zero-order chi connectivity index (χ0) is 24.1. The highest BCUT2D eigenvalue weighted by Gasteiger charge is 2.32. The van der Waals surface area contributed by atoms with Crippen molar-refractivity contribution in [2.75, 3.05) is 0 Å². The lowest BCUT2D eigenvalue weighted by Gasteiger charge is -2.19. The van der Waals surface area contributed by atoms with Crippen molar-refractivity contribution in [1.82, 2.24) is 15.6 Å². The van der Waals surface area contributed by atoms with E-state index in [1.54, 1.807) is 29.8 Å². The Kier molecular flexibility index (Phi) is 6.87. The third-order valence-electron chi connectivity index (χ3n) is 5.12. The number of ether oxygens (including phenoxy) is 1. The number of alkyl halides is 3. The highest BCUT2D eigenvalue weighted by molar-refractivity contribution is 7.12. The molecule has 4 aromatic rings. The van der Waals surface area contributed by atoms with Gasteiger partial charge in [-0.3, -0.25) is 9.59 Å². The van der Waals surface area contributed by atoms with Crippen molar-refractivity contribution >= 4 is 34.1 Å². The summed E-state index contributed by atoms with van der Waals surface area (Å²) in [5.74, 6) is -1.33. The fraction of sp³-hybridized carbons (Fsp3) is 0.167. The summed E-state index contributed by atoms with van der Waals surface area (Å²) < 4.78 is 42.2. The summed E-state index contributed by atoms with van der Waals surface area (Å²) in [6, 6.07) is 15.5. The molecule has 0 fully saturated rings. The Morgan fingerprint density at radius 1 is 1.00 bits per heavy atom. The van der Waals surface area contributed by atoms with Crippen LogP contribution in [-0.4, -0.2) is 29.2 Å². The minimum atomic E-state index is -4.85. The number of fused-ring (bicyclic) bond motifs is 1. The first-order valence-corrected chi connectivity index (χ1v) is 11.2. The van der Waals surface area contributed by atoms with Crippen LogP contribution in [0.1, 0.15) is 20.8 Å². The fourth-order valence-electron chi connectivity index (χ4n) is 3.55. The van der Waals surface area contributed by atoms with Gasteiger partial charge in [-0.05, 0) is 29.1 Å². The number of aromatic amines is 1. The summed E-state index contributed by atoms with van der Waals surface area (Å²) >= 11 is 1.24. The zero-order valence-corrected chi connectivity index (χ0v) is 18.5. The van der Waals surface area contributed by atoms with Gasteiger partial charge in [-0.2, -0.15) is 0 Å². The van der Waals surface area contributed by atoms with E-state index in [9.17, 15) is 22.8 Å². The molecule has 0 aliphatic heterocycles. The van der Waals surface area contributed by atoms with E-state index in [1.165, 1.54) is 29.5 Å². The van der Waals surface area contributed by atoms with Crippen molar-refractivity contribution in [3.05, 3.63) is 88.2 Å². The van der Waals surface area contributed by atoms with Crippen LogP contribution < -0.4 is 15.4 Å². The van der Waals surface area contributed by atoms with Gasteiger partial charge in [-0.25, -0.2) is 0 Å². The van der Waals surface area contributed by atoms with Gasteiger partial charge in [0.15, 0.2) is 0 Å². The van der Waals surface area contributed by atoms with Crippen LogP contribution in [0.3, 0.4) is 0 Å². The monoisotopic (exact) mass is 487 g/mol. The molecule has 0 spiro atoms. The average Bonchev–Trinajstić information content (AvgIpc) is 3.47. The Labute approximate surface area is 196 Å². The van der Waals surface area contributed by atoms with Gasteiger partial charge in [-0.15, -0.1) is 24.5 Å². The lowest BCUT2D eigenvalue weighted by atomic mass is 10.0. The number of hydrogen-bond donors (Lipinski definition) is 3. The smallest absolute Gasteiger partial charge is 0.405 e. The van der Waals surface area contributed by atoms with Gasteiger partial charge in [0, 0.05) is 35.6 Å². The maximum atomic E-state index is 13.1. The predicted octanol–water partition coefficient (Wildman–Crippen LogP) is 4.79. The lowest BCUT2D eigenvalue weighted by molar-refractivity contribution is -0.274. The van der Waals surface area contributed by atoms with E-state index in [4.69, 9.17) is 0 Å². The van der Waals surface area contributed by atoms with Gasteiger partial charge >= 0.3 is 6.36 Å².